The van der Waals surface area contributed by atoms with Gasteiger partial charge in [-0.2, -0.15) is 5.01 Å². The van der Waals surface area contributed by atoms with Crippen molar-refractivity contribution >= 4 is 29.8 Å². The van der Waals surface area contributed by atoms with E-state index < -0.39 is 35.0 Å². The Labute approximate surface area is 185 Å². The van der Waals surface area contributed by atoms with Crippen molar-refractivity contribution in [3.63, 3.8) is 0 Å². The number of aryl methyl sites for hydroxylation is 1. The van der Waals surface area contributed by atoms with Gasteiger partial charge in [0.1, 0.15) is 11.1 Å². The highest BCUT2D eigenvalue weighted by Gasteiger charge is 2.52. The van der Waals surface area contributed by atoms with Crippen LogP contribution in [0.25, 0.3) is 0 Å². The van der Waals surface area contributed by atoms with Crippen LogP contribution in [0.4, 0.5) is 9.59 Å². The molecule has 1 aromatic rings. The van der Waals surface area contributed by atoms with E-state index in [1.165, 1.54) is 0 Å². The number of carbonyl (C=O) groups excluding carboxylic acids is 5. The summed E-state index contributed by atoms with van der Waals surface area (Å²) in [5.41, 5.74) is 1.37. The summed E-state index contributed by atoms with van der Waals surface area (Å²) in [4.78, 5) is 63.5. The van der Waals surface area contributed by atoms with Crippen molar-refractivity contribution in [2.45, 2.75) is 62.9 Å². The zero-order valence-electron chi connectivity index (χ0n) is 18.0. The van der Waals surface area contributed by atoms with Gasteiger partial charge in [-0.05, 0) is 38.2 Å². The molecule has 7 amide bonds. The van der Waals surface area contributed by atoms with Gasteiger partial charge in [0.15, 0.2) is 0 Å². The van der Waals surface area contributed by atoms with E-state index in [1.807, 2.05) is 30.3 Å². The summed E-state index contributed by atoms with van der Waals surface area (Å²) in [6.45, 7) is 1.50. The van der Waals surface area contributed by atoms with Crippen LogP contribution in [-0.4, -0.2) is 57.3 Å². The minimum Gasteiger partial charge on any atom is -0.323 e. The summed E-state index contributed by atoms with van der Waals surface area (Å²) >= 11 is 0. The average molecular weight is 441 g/mol. The highest BCUT2D eigenvalue weighted by molar-refractivity contribution is 6.08. The Morgan fingerprint density at radius 1 is 1.00 bits per heavy atom. The summed E-state index contributed by atoms with van der Waals surface area (Å²) in [5.74, 6) is -1.49. The van der Waals surface area contributed by atoms with Gasteiger partial charge in [-0.1, -0.05) is 43.2 Å². The van der Waals surface area contributed by atoms with Gasteiger partial charge in [-0.3, -0.25) is 24.7 Å². The van der Waals surface area contributed by atoms with Crippen LogP contribution < -0.4 is 16.1 Å². The molecule has 10 nitrogen and oxygen atoms in total. The van der Waals surface area contributed by atoms with E-state index in [0.29, 0.717) is 30.7 Å². The fourth-order valence-corrected chi connectivity index (χ4v) is 4.59. The third-order valence-corrected chi connectivity index (χ3v) is 6.52. The molecule has 1 aliphatic carbocycles. The molecule has 10 heteroatoms. The highest BCUT2D eigenvalue weighted by Crippen LogP contribution is 2.35. The van der Waals surface area contributed by atoms with Crippen LogP contribution in [0, 0.1) is 0 Å². The molecule has 170 valence electrons. The van der Waals surface area contributed by atoms with E-state index in [1.54, 1.807) is 6.92 Å². The van der Waals surface area contributed by atoms with Crippen molar-refractivity contribution in [3.8, 4) is 0 Å². The molecule has 0 radical (unpaired) electrons. The minimum absolute atomic E-state index is 0.118. The molecule has 3 N–H and O–H groups in total. The molecule has 0 bridgehead atoms. The topological polar surface area (TPSA) is 128 Å². The first-order chi connectivity index (χ1) is 15.2. The maximum atomic E-state index is 12.8. The zero-order valence-corrected chi connectivity index (χ0v) is 18.0. The van der Waals surface area contributed by atoms with Crippen LogP contribution >= 0.6 is 0 Å². The third-order valence-electron chi connectivity index (χ3n) is 6.52. The number of hydrogen-bond acceptors (Lipinski definition) is 5. The average Bonchev–Trinajstić information content (AvgIpc) is 3.39. The summed E-state index contributed by atoms with van der Waals surface area (Å²) in [7, 11) is 0. The van der Waals surface area contributed by atoms with Crippen molar-refractivity contribution < 1.29 is 24.0 Å². The van der Waals surface area contributed by atoms with Crippen LogP contribution in [-0.2, 0) is 20.8 Å². The Hall–Kier alpha value is -3.43. The normalized spacial score (nSPS) is 24.3. The lowest BCUT2D eigenvalue weighted by Crippen LogP contribution is -2.49. The van der Waals surface area contributed by atoms with Gasteiger partial charge < -0.3 is 10.6 Å². The van der Waals surface area contributed by atoms with Gasteiger partial charge in [-0.15, -0.1) is 0 Å². The maximum absolute atomic E-state index is 12.8. The molecule has 1 saturated carbocycles. The molecule has 2 heterocycles. The van der Waals surface area contributed by atoms with Crippen LogP contribution in [0.15, 0.2) is 30.3 Å². The van der Waals surface area contributed by atoms with Crippen LogP contribution in [0.2, 0.25) is 0 Å². The van der Waals surface area contributed by atoms with Crippen LogP contribution in [0.1, 0.15) is 51.0 Å². The number of nitrogens with zero attached hydrogens (tertiary/aromatic N) is 2. The molecule has 1 spiro atoms. The number of hydrogen-bond donors (Lipinski definition) is 3. The Morgan fingerprint density at radius 2 is 1.69 bits per heavy atom. The molecular weight excluding hydrogens is 414 g/mol. The highest BCUT2D eigenvalue weighted by atomic mass is 16.2. The first-order valence-electron chi connectivity index (χ1n) is 10.9. The van der Waals surface area contributed by atoms with Gasteiger partial charge in [-0.25, -0.2) is 9.59 Å². The zero-order chi connectivity index (χ0) is 22.9. The lowest BCUT2D eigenvalue weighted by molar-refractivity contribution is -0.139. The second kappa shape index (κ2) is 8.25. The first-order valence-corrected chi connectivity index (χ1v) is 10.9. The van der Waals surface area contributed by atoms with E-state index in [4.69, 9.17) is 0 Å². The van der Waals surface area contributed by atoms with E-state index in [-0.39, 0.29) is 18.9 Å². The standard InChI is InChI=1S/C22H27N5O5/c1-21(13-9-15-7-3-2-4-8-15)17(29)27(20(32)23-21)25-16(28)10-14-26-18(30)22(24-19(26)31)11-5-6-12-22/h2-4,7-8H,5-6,9-14H2,1H3,(H,23,32)(H,24,31)(H,25,28)/t21-/m0/s1. The number of urea groups is 2. The Kier molecular flexibility index (Phi) is 5.62. The number of benzene rings is 1. The van der Waals surface area contributed by atoms with Crippen LogP contribution in [0.3, 0.4) is 0 Å². The fourth-order valence-electron chi connectivity index (χ4n) is 4.59. The largest absolute Gasteiger partial charge is 0.344 e. The molecule has 32 heavy (non-hydrogen) atoms. The Morgan fingerprint density at radius 3 is 2.38 bits per heavy atom. The van der Waals surface area contributed by atoms with Gasteiger partial charge in [0, 0.05) is 13.0 Å². The van der Waals surface area contributed by atoms with Crippen molar-refractivity contribution in [1.82, 2.24) is 26.0 Å². The number of nitrogens with one attached hydrogen (secondary N) is 3. The molecule has 2 saturated heterocycles. The lowest BCUT2D eigenvalue weighted by atomic mass is 9.93. The molecule has 3 fully saturated rings. The van der Waals surface area contributed by atoms with Crippen molar-refractivity contribution in [2.24, 2.45) is 0 Å². The molecule has 2 aliphatic heterocycles. The summed E-state index contributed by atoms with van der Waals surface area (Å²) in [6.07, 6.45) is 3.68. The third kappa shape index (κ3) is 3.92. The number of imide groups is 2. The number of hydrazine groups is 1. The van der Waals surface area contributed by atoms with E-state index in [0.717, 1.165) is 23.3 Å². The molecule has 4 rings (SSSR count). The minimum atomic E-state index is -1.14. The fraction of sp³-hybridized carbons (Fsp3) is 0.500. The monoisotopic (exact) mass is 441 g/mol. The second-order valence-electron chi connectivity index (χ2n) is 8.85. The van der Waals surface area contributed by atoms with Gasteiger partial charge >= 0.3 is 12.1 Å². The van der Waals surface area contributed by atoms with E-state index in [2.05, 4.69) is 16.1 Å². The molecule has 1 atom stereocenters. The first kappa shape index (κ1) is 21.8. The second-order valence-corrected chi connectivity index (χ2v) is 8.85. The molecule has 0 unspecified atom stereocenters. The quantitative estimate of drug-likeness (QED) is 0.548. The maximum Gasteiger partial charge on any atom is 0.344 e. The summed E-state index contributed by atoms with van der Waals surface area (Å²) in [6, 6.07) is 8.37. The molecule has 1 aromatic carbocycles. The van der Waals surface area contributed by atoms with Crippen molar-refractivity contribution in [1.29, 1.82) is 0 Å². The van der Waals surface area contributed by atoms with Crippen molar-refractivity contribution in [3.05, 3.63) is 35.9 Å². The predicted molar refractivity (Wildman–Crippen MR) is 113 cm³/mol. The summed E-state index contributed by atoms with van der Waals surface area (Å²) in [5, 5.41) is 6.08. The van der Waals surface area contributed by atoms with Gasteiger partial charge in [0.2, 0.25) is 5.91 Å². The smallest absolute Gasteiger partial charge is 0.323 e. The molecule has 3 aliphatic rings. The van der Waals surface area contributed by atoms with E-state index in [9.17, 15) is 24.0 Å². The summed E-state index contributed by atoms with van der Waals surface area (Å²) < 4.78 is 0. The van der Waals surface area contributed by atoms with Crippen molar-refractivity contribution in [2.75, 3.05) is 6.54 Å². The molecule has 0 aromatic heterocycles. The van der Waals surface area contributed by atoms with Crippen LogP contribution in [0.5, 0.6) is 0 Å². The SMILES string of the molecule is C[C@@]1(CCc2ccccc2)NC(=O)N(NC(=O)CCN2C(=O)NC3(CCCC3)C2=O)C1=O. The number of amides is 7. The molecular formula is C22H27N5O5. The number of rotatable bonds is 7. The van der Waals surface area contributed by atoms with Gasteiger partial charge in [0.05, 0.1) is 0 Å². The van der Waals surface area contributed by atoms with E-state index >= 15 is 0 Å². The Balaban J connectivity index is 1.31. The lowest BCUT2D eigenvalue weighted by Gasteiger charge is -2.22. The number of carbonyl (C=O) groups is 5. The van der Waals surface area contributed by atoms with Gasteiger partial charge in [0.25, 0.3) is 11.8 Å². The Bertz CT molecular complexity index is 959. The predicted octanol–water partition coefficient (Wildman–Crippen LogP) is 1.22.